The molecule has 1 rings (SSSR count). The number of amides is 1. The van der Waals surface area contributed by atoms with Crippen molar-refractivity contribution < 1.29 is 14.7 Å². The average Bonchev–Trinajstić information content (AvgIpc) is 2.52. The van der Waals surface area contributed by atoms with Crippen LogP contribution in [0.3, 0.4) is 0 Å². The van der Waals surface area contributed by atoms with E-state index in [0.29, 0.717) is 5.69 Å². The summed E-state index contributed by atoms with van der Waals surface area (Å²) in [5, 5.41) is 14.0. The highest BCUT2D eigenvalue weighted by molar-refractivity contribution is 7.08. The number of hydrogen-bond acceptors (Lipinski definition) is 3. The van der Waals surface area contributed by atoms with E-state index in [9.17, 15) is 9.59 Å². The molecular formula is C7H6ClNO3S. The van der Waals surface area contributed by atoms with E-state index in [1.165, 1.54) is 16.7 Å². The molecular weight excluding hydrogens is 214 g/mol. The fraction of sp³-hybridized carbons (Fsp3) is 0.143. The van der Waals surface area contributed by atoms with Crippen molar-refractivity contribution in [2.75, 3.05) is 11.2 Å². The quantitative estimate of drug-likeness (QED) is 0.760. The Morgan fingerprint density at radius 2 is 2.23 bits per heavy atom. The minimum Gasteiger partial charge on any atom is -0.478 e. The van der Waals surface area contributed by atoms with Gasteiger partial charge in [0.2, 0.25) is 5.91 Å². The number of rotatable bonds is 3. The molecule has 0 saturated heterocycles. The molecule has 0 radical (unpaired) electrons. The Bertz CT molecular complexity index is 336. The van der Waals surface area contributed by atoms with Gasteiger partial charge in [0.15, 0.2) is 0 Å². The van der Waals surface area contributed by atoms with Crippen LogP contribution in [0.5, 0.6) is 0 Å². The number of halogens is 1. The second kappa shape index (κ2) is 4.25. The zero-order valence-corrected chi connectivity index (χ0v) is 7.98. The maximum atomic E-state index is 10.8. The summed E-state index contributed by atoms with van der Waals surface area (Å²) in [4.78, 5) is 21.4. The van der Waals surface area contributed by atoms with Gasteiger partial charge in [0.05, 0.1) is 11.3 Å². The first-order valence-electron chi connectivity index (χ1n) is 3.30. The van der Waals surface area contributed by atoms with Crippen LogP contribution in [-0.2, 0) is 4.79 Å². The van der Waals surface area contributed by atoms with Crippen LogP contribution in [0.2, 0.25) is 0 Å². The Labute approximate surface area is 83.1 Å². The number of thiophene rings is 1. The van der Waals surface area contributed by atoms with Gasteiger partial charge in [-0.2, -0.15) is 0 Å². The van der Waals surface area contributed by atoms with Gasteiger partial charge in [-0.3, -0.25) is 4.79 Å². The molecule has 0 fully saturated rings. The number of carboxylic acid groups (broad SMARTS) is 1. The number of nitrogens with one attached hydrogen (secondary N) is 1. The largest absolute Gasteiger partial charge is 0.478 e. The van der Waals surface area contributed by atoms with Crippen LogP contribution in [0.4, 0.5) is 5.69 Å². The van der Waals surface area contributed by atoms with E-state index in [4.69, 9.17) is 16.7 Å². The normalized spacial score (nSPS) is 9.62. The van der Waals surface area contributed by atoms with Gasteiger partial charge in [-0.25, -0.2) is 4.79 Å². The maximum absolute atomic E-state index is 10.8. The topological polar surface area (TPSA) is 66.4 Å². The fourth-order valence-corrected chi connectivity index (χ4v) is 1.56. The van der Waals surface area contributed by atoms with Crippen molar-refractivity contribution in [3.63, 3.8) is 0 Å². The van der Waals surface area contributed by atoms with E-state index in [2.05, 4.69) is 5.32 Å². The number of alkyl halides is 1. The lowest BCUT2D eigenvalue weighted by atomic mass is 10.3. The number of aromatic carboxylic acids is 1. The van der Waals surface area contributed by atoms with Gasteiger partial charge < -0.3 is 10.4 Å². The monoisotopic (exact) mass is 219 g/mol. The van der Waals surface area contributed by atoms with E-state index in [1.54, 1.807) is 5.38 Å². The van der Waals surface area contributed by atoms with Crippen molar-refractivity contribution in [2.45, 2.75) is 0 Å². The number of carbonyl (C=O) groups excluding carboxylic acids is 1. The molecule has 1 amide bonds. The van der Waals surface area contributed by atoms with Crippen LogP contribution >= 0.6 is 22.9 Å². The Hall–Kier alpha value is -1.07. The molecule has 1 aromatic heterocycles. The molecule has 13 heavy (non-hydrogen) atoms. The second-order valence-electron chi connectivity index (χ2n) is 2.19. The van der Waals surface area contributed by atoms with Gasteiger partial charge in [0.1, 0.15) is 5.88 Å². The average molecular weight is 220 g/mol. The lowest BCUT2D eigenvalue weighted by molar-refractivity contribution is -0.113. The van der Waals surface area contributed by atoms with Gasteiger partial charge in [-0.05, 0) is 0 Å². The third-order valence-corrected chi connectivity index (χ3v) is 2.27. The Balaban J connectivity index is 2.82. The summed E-state index contributed by atoms with van der Waals surface area (Å²) >= 11 is 6.45. The lowest BCUT2D eigenvalue weighted by Gasteiger charge is -2.00. The molecule has 1 heterocycles. The van der Waals surface area contributed by atoms with Crippen LogP contribution in [0.25, 0.3) is 0 Å². The third kappa shape index (κ3) is 2.43. The van der Waals surface area contributed by atoms with E-state index < -0.39 is 11.9 Å². The smallest absolute Gasteiger partial charge is 0.338 e. The van der Waals surface area contributed by atoms with E-state index in [0.717, 1.165) is 0 Å². The van der Waals surface area contributed by atoms with E-state index in [-0.39, 0.29) is 11.4 Å². The molecule has 1 aromatic rings. The van der Waals surface area contributed by atoms with E-state index >= 15 is 0 Å². The summed E-state index contributed by atoms with van der Waals surface area (Å²) in [6.45, 7) is 0. The zero-order chi connectivity index (χ0) is 9.84. The second-order valence-corrected chi connectivity index (χ2v) is 3.20. The van der Waals surface area contributed by atoms with Gasteiger partial charge in [-0.15, -0.1) is 22.9 Å². The van der Waals surface area contributed by atoms with Crippen molar-refractivity contribution in [3.05, 3.63) is 16.3 Å². The molecule has 0 aliphatic rings. The summed E-state index contributed by atoms with van der Waals surface area (Å²) in [5.74, 6) is -1.66. The van der Waals surface area contributed by atoms with Gasteiger partial charge in [0, 0.05) is 10.8 Å². The summed E-state index contributed by atoms with van der Waals surface area (Å²) in [5.41, 5.74) is 0.381. The predicted molar refractivity (Wildman–Crippen MR) is 50.6 cm³/mol. The minimum absolute atomic E-state index is 0.0865. The Morgan fingerprint density at radius 3 is 2.77 bits per heavy atom. The first-order chi connectivity index (χ1) is 6.15. The molecule has 0 spiro atoms. The molecule has 0 aromatic carbocycles. The summed E-state index contributed by atoms with van der Waals surface area (Å²) in [7, 11) is 0. The minimum atomic E-state index is -1.06. The molecule has 0 bridgehead atoms. The molecule has 70 valence electrons. The van der Waals surface area contributed by atoms with Crippen LogP contribution in [0.15, 0.2) is 10.8 Å². The maximum Gasteiger partial charge on any atom is 0.338 e. The van der Waals surface area contributed by atoms with E-state index in [1.807, 2.05) is 0 Å². The number of carbonyl (C=O) groups is 2. The Morgan fingerprint density at radius 1 is 1.54 bits per heavy atom. The first kappa shape index (κ1) is 10.0. The molecule has 2 N–H and O–H groups in total. The predicted octanol–water partition coefficient (Wildman–Crippen LogP) is 1.62. The Kier molecular flexibility index (Phi) is 3.27. The van der Waals surface area contributed by atoms with Crippen molar-refractivity contribution in [2.24, 2.45) is 0 Å². The summed E-state index contributed by atoms with van der Waals surface area (Å²) in [6.07, 6.45) is 0. The van der Waals surface area contributed by atoms with Gasteiger partial charge in [0.25, 0.3) is 0 Å². The first-order valence-corrected chi connectivity index (χ1v) is 4.78. The van der Waals surface area contributed by atoms with Crippen LogP contribution in [0, 0.1) is 0 Å². The molecule has 0 saturated carbocycles. The lowest BCUT2D eigenvalue weighted by Crippen LogP contribution is -2.14. The number of anilines is 1. The summed E-state index contributed by atoms with van der Waals surface area (Å²) < 4.78 is 0. The van der Waals surface area contributed by atoms with Crippen LogP contribution in [0.1, 0.15) is 10.4 Å². The molecule has 4 nitrogen and oxygen atoms in total. The molecule has 0 aliphatic carbocycles. The van der Waals surface area contributed by atoms with Crippen molar-refractivity contribution in [3.8, 4) is 0 Å². The van der Waals surface area contributed by atoms with Crippen LogP contribution in [-0.4, -0.2) is 22.9 Å². The summed E-state index contributed by atoms with van der Waals surface area (Å²) in [6, 6.07) is 0. The standard InChI is InChI=1S/C7H6ClNO3S/c8-1-6(10)9-5-3-13-2-4(5)7(11)12/h2-3H,1H2,(H,9,10)(H,11,12). The highest BCUT2D eigenvalue weighted by Crippen LogP contribution is 2.20. The number of carboxylic acids is 1. The number of hydrogen-bond donors (Lipinski definition) is 2. The highest BCUT2D eigenvalue weighted by atomic mass is 35.5. The highest BCUT2D eigenvalue weighted by Gasteiger charge is 2.12. The van der Waals surface area contributed by atoms with Crippen molar-refractivity contribution in [1.82, 2.24) is 0 Å². The van der Waals surface area contributed by atoms with Crippen molar-refractivity contribution >= 4 is 40.5 Å². The van der Waals surface area contributed by atoms with Gasteiger partial charge in [-0.1, -0.05) is 0 Å². The molecule has 6 heteroatoms. The SMILES string of the molecule is O=C(CCl)Nc1cscc1C(=O)O. The fourth-order valence-electron chi connectivity index (χ4n) is 0.743. The van der Waals surface area contributed by atoms with Gasteiger partial charge >= 0.3 is 5.97 Å². The molecule has 0 atom stereocenters. The van der Waals surface area contributed by atoms with Crippen molar-refractivity contribution in [1.29, 1.82) is 0 Å². The van der Waals surface area contributed by atoms with Crippen LogP contribution < -0.4 is 5.32 Å². The molecule has 0 unspecified atom stereocenters. The zero-order valence-electron chi connectivity index (χ0n) is 6.41. The third-order valence-electron chi connectivity index (χ3n) is 1.29. The molecule has 0 aliphatic heterocycles.